The van der Waals surface area contributed by atoms with Crippen LogP contribution >= 0.6 is 23.4 Å². The molecule has 1 aromatic rings. The fourth-order valence-corrected chi connectivity index (χ4v) is 3.00. The summed E-state index contributed by atoms with van der Waals surface area (Å²) in [6.07, 6.45) is 6.36. The zero-order chi connectivity index (χ0) is 15.5. The van der Waals surface area contributed by atoms with E-state index in [0.29, 0.717) is 5.16 Å². The summed E-state index contributed by atoms with van der Waals surface area (Å²) >= 11 is 7.09. The van der Waals surface area contributed by atoms with Crippen LogP contribution < -0.4 is 0 Å². The van der Waals surface area contributed by atoms with Crippen LogP contribution in [0.5, 0.6) is 0 Å². The molecule has 1 aliphatic carbocycles. The first-order chi connectivity index (χ1) is 9.94. The molecule has 0 amide bonds. The largest absolute Gasteiger partial charge is 0.388 e. The van der Waals surface area contributed by atoms with Crippen molar-refractivity contribution in [3.8, 4) is 0 Å². The van der Waals surface area contributed by atoms with Crippen molar-refractivity contribution in [3.63, 3.8) is 0 Å². The van der Waals surface area contributed by atoms with Gasteiger partial charge in [-0.05, 0) is 26.0 Å². The molecule has 1 fully saturated rings. The van der Waals surface area contributed by atoms with Crippen LogP contribution in [0.2, 0.25) is 5.15 Å². The summed E-state index contributed by atoms with van der Waals surface area (Å²) in [5, 5.41) is 0.517. The highest BCUT2D eigenvalue weighted by Crippen LogP contribution is 2.37. The van der Waals surface area contributed by atoms with E-state index in [4.69, 9.17) is 16.3 Å². The molecule has 0 saturated heterocycles. The summed E-state index contributed by atoms with van der Waals surface area (Å²) in [6, 6.07) is 1.31. The number of thioether (sulfide) groups is 1. The fourth-order valence-electron chi connectivity index (χ4n) is 2.39. The lowest BCUT2D eigenvalue weighted by molar-refractivity contribution is -0.150. The molecule has 0 aliphatic heterocycles. The average molecular weight is 329 g/mol. The molecule has 2 rings (SSSR count). The van der Waals surface area contributed by atoms with Crippen molar-refractivity contribution in [2.24, 2.45) is 5.41 Å². The number of hydrogen-bond acceptors (Lipinski definition) is 6. The number of hydrogen-bond donors (Lipinski definition) is 0. The van der Waals surface area contributed by atoms with Gasteiger partial charge in [0, 0.05) is 6.07 Å². The summed E-state index contributed by atoms with van der Waals surface area (Å²) in [7, 11) is 0. The van der Waals surface area contributed by atoms with Crippen LogP contribution in [0.15, 0.2) is 11.2 Å². The van der Waals surface area contributed by atoms with E-state index < -0.39 is 17.4 Å². The first-order valence-corrected chi connectivity index (χ1v) is 8.40. The number of carbonyl (C=O) groups is 2. The van der Waals surface area contributed by atoms with E-state index in [1.54, 1.807) is 6.26 Å². The lowest BCUT2D eigenvalue weighted by atomic mass is 9.76. The van der Waals surface area contributed by atoms with Gasteiger partial charge in [-0.25, -0.2) is 14.8 Å². The molecule has 21 heavy (non-hydrogen) atoms. The molecule has 0 atom stereocenters. The van der Waals surface area contributed by atoms with Gasteiger partial charge in [-0.15, -0.1) is 0 Å². The summed E-state index contributed by atoms with van der Waals surface area (Å²) in [5.74, 6) is -1.25. The van der Waals surface area contributed by atoms with Gasteiger partial charge in [0.25, 0.3) is 0 Å². The molecule has 1 aromatic heterocycles. The van der Waals surface area contributed by atoms with Gasteiger partial charge in [0.2, 0.25) is 0 Å². The number of carbonyl (C=O) groups excluding carboxylic acids is 2. The first-order valence-electron chi connectivity index (χ1n) is 6.80. The standard InChI is InChI=1S/C14H17ClN2O3S/c1-14(6-4-3-5-7-14)12(19)20-11(18)9-8-10(15)17-13(16-9)21-2/h8H,3-7H2,1-2H3. The third-order valence-corrected chi connectivity index (χ3v) is 4.44. The lowest BCUT2D eigenvalue weighted by Gasteiger charge is -2.30. The number of aromatic nitrogens is 2. The minimum atomic E-state index is -0.772. The highest BCUT2D eigenvalue weighted by Gasteiger charge is 2.37. The molecule has 0 N–H and O–H groups in total. The van der Waals surface area contributed by atoms with Gasteiger partial charge in [-0.3, -0.25) is 4.79 Å². The maximum absolute atomic E-state index is 12.2. The number of rotatable bonds is 3. The quantitative estimate of drug-likeness (QED) is 0.278. The van der Waals surface area contributed by atoms with Crippen molar-refractivity contribution >= 4 is 35.3 Å². The Morgan fingerprint density at radius 2 is 1.95 bits per heavy atom. The highest BCUT2D eigenvalue weighted by molar-refractivity contribution is 7.98. The number of ether oxygens (including phenoxy) is 1. The van der Waals surface area contributed by atoms with Crippen LogP contribution in [-0.4, -0.2) is 28.2 Å². The molecule has 7 heteroatoms. The molecule has 1 saturated carbocycles. The van der Waals surface area contributed by atoms with E-state index in [1.807, 2.05) is 6.92 Å². The van der Waals surface area contributed by atoms with Crippen molar-refractivity contribution < 1.29 is 14.3 Å². The summed E-state index contributed by atoms with van der Waals surface area (Å²) in [4.78, 5) is 32.2. The van der Waals surface area contributed by atoms with E-state index in [2.05, 4.69) is 9.97 Å². The van der Waals surface area contributed by atoms with Gasteiger partial charge in [0.05, 0.1) is 5.41 Å². The highest BCUT2D eigenvalue weighted by atomic mass is 35.5. The Labute approximate surface area is 132 Å². The van der Waals surface area contributed by atoms with E-state index in [1.165, 1.54) is 17.8 Å². The van der Waals surface area contributed by atoms with Crippen molar-refractivity contribution in [1.29, 1.82) is 0 Å². The average Bonchev–Trinajstić information content (AvgIpc) is 2.47. The SMILES string of the molecule is CSc1nc(Cl)cc(C(=O)OC(=O)C2(C)CCCCC2)n1. The molecule has 0 radical (unpaired) electrons. The summed E-state index contributed by atoms with van der Waals surface area (Å²) < 4.78 is 5.00. The van der Waals surface area contributed by atoms with Crippen molar-refractivity contribution in [1.82, 2.24) is 9.97 Å². The van der Waals surface area contributed by atoms with Crippen LogP contribution in [0, 0.1) is 5.41 Å². The minimum Gasteiger partial charge on any atom is -0.388 e. The minimum absolute atomic E-state index is 0.00658. The lowest BCUT2D eigenvalue weighted by Crippen LogP contribution is -2.33. The number of esters is 2. The Kier molecular flexibility index (Phi) is 5.22. The molecular formula is C14H17ClN2O3S. The Balaban J connectivity index is 2.10. The Bertz CT molecular complexity index is 559. The van der Waals surface area contributed by atoms with Crippen LogP contribution in [-0.2, 0) is 9.53 Å². The van der Waals surface area contributed by atoms with Gasteiger partial charge in [-0.2, -0.15) is 0 Å². The molecule has 5 nitrogen and oxygen atoms in total. The van der Waals surface area contributed by atoms with E-state index in [-0.39, 0.29) is 10.8 Å². The molecule has 0 bridgehead atoms. The predicted octanol–water partition coefficient (Wildman–Crippen LogP) is 3.51. The van der Waals surface area contributed by atoms with E-state index in [0.717, 1.165) is 32.1 Å². The van der Waals surface area contributed by atoms with Crippen molar-refractivity contribution in [2.45, 2.75) is 44.2 Å². The molecule has 0 aromatic carbocycles. The third-order valence-electron chi connectivity index (χ3n) is 3.70. The zero-order valence-electron chi connectivity index (χ0n) is 12.0. The van der Waals surface area contributed by atoms with Crippen LogP contribution in [0.3, 0.4) is 0 Å². The normalized spacial score (nSPS) is 17.3. The second kappa shape index (κ2) is 6.75. The van der Waals surface area contributed by atoms with E-state index >= 15 is 0 Å². The maximum atomic E-state index is 12.2. The zero-order valence-corrected chi connectivity index (χ0v) is 13.6. The smallest absolute Gasteiger partial charge is 0.364 e. The molecule has 1 aliphatic rings. The Hall–Kier alpha value is -1.14. The summed E-state index contributed by atoms with van der Waals surface area (Å²) in [5.41, 5.74) is -0.570. The second-order valence-corrected chi connectivity index (χ2v) is 6.52. The Morgan fingerprint density at radius 3 is 2.57 bits per heavy atom. The number of halogens is 1. The maximum Gasteiger partial charge on any atom is 0.364 e. The summed E-state index contributed by atoms with van der Waals surface area (Å²) in [6.45, 7) is 1.85. The van der Waals surface area contributed by atoms with Gasteiger partial charge in [0.1, 0.15) is 5.15 Å². The van der Waals surface area contributed by atoms with Crippen molar-refractivity contribution in [3.05, 3.63) is 16.9 Å². The van der Waals surface area contributed by atoms with Gasteiger partial charge < -0.3 is 4.74 Å². The molecule has 1 heterocycles. The van der Waals surface area contributed by atoms with Gasteiger partial charge in [-0.1, -0.05) is 42.6 Å². The topological polar surface area (TPSA) is 69.2 Å². The monoisotopic (exact) mass is 328 g/mol. The van der Waals surface area contributed by atoms with Crippen molar-refractivity contribution in [2.75, 3.05) is 6.26 Å². The fraction of sp³-hybridized carbons (Fsp3) is 0.571. The van der Waals surface area contributed by atoms with Gasteiger partial charge >= 0.3 is 11.9 Å². The molecule has 0 unspecified atom stereocenters. The molecule has 114 valence electrons. The molecular weight excluding hydrogens is 312 g/mol. The Morgan fingerprint density at radius 1 is 1.29 bits per heavy atom. The second-order valence-electron chi connectivity index (χ2n) is 5.36. The van der Waals surface area contributed by atoms with E-state index in [9.17, 15) is 9.59 Å². The molecule has 0 spiro atoms. The predicted molar refractivity (Wildman–Crippen MR) is 80.4 cm³/mol. The first kappa shape index (κ1) is 16.2. The van der Waals surface area contributed by atoms with Crippen LogP contribution in [0.1, 0.15) is 49.5 Å². The van der Waals surface area contributed by atoms with Crippen LogP contribution in [0.25, 0.3) is 0 Å². The van der Waals surface area contributed by atoms with Crippen LogP contribution in [0.4, 0.5) is 0 Å². The number of nitrogens with zero attached hydrogens (tertiary/aromatic N) is 2. The third kappa shape index (κ3) is 3.95. The van der Waals surface area contributed by atoms with Gasteiger partial charge in [0.15, 0.2) is 10.9 Å².